The normalized spacial score (nSPS) is 16.3. The summed E-state index contributed by atoms with van der Waals surface area (Å²) in [5.41, 5.74) is 4.49. The lowest BCUT2D eigenvalue weighted by Crippen LogP contribution is -2.37. The van der Waals surface area contributed by atoms with Crippen molar-refractivity contribution in [2.75, 3.05) is 6.54 Å². The number of nitrogens with one attached hydrogen (secondary N) is 1. The smallest absolute Gasteiger partial charge is 0.0139 e. The van der Waals surface area contributed by atoms with Crippen molar-refractivity contribution in [3.05, 3.63) is 47.5 Å². The third-order valence-electron chi connectivity index (χ3n) is 4.32. The molecule has 0 heterocycles. The Bertz CT molecular complexity index is 396. The second kappa shape index (κ2) is 6.91. The molecule has 1 aromatic rings. The van der Waals surface area contributed by atoms with Gasteiger partial charge in [-0.2, -0.15) is 0 Å². The van der Waals surface area contributed by atoms with E-state index in [0.29, 0.717) is 6.04 Å². The topological polar surface area (TPSA) is 12.0 Å². The number of hydrogen-bond acceptors (Lipinski definition) is 1. The zero-order valence-electron chi connectivity index (χ0n) is 12.4. The molecule has 0 aliphatic heterocycles. The fourth-order valence-electron chi connectivity index (χ4n) is 3.07. The molecule has 1 heteroatoms. The van der Waals surface area contributed by atoms with Crippen LogP contribution in [0, 0.1) is 5.92 Å². The van der Waals surface area contributed by atoms with Crippen molar-refractivity contribution in [1.82, 2.24) is 5.32 Å². The third-order valence-corrected chi connectivity index (χ3v) is 4.32. The van der Waals surface area contributed by atoms with Crippen molar-refractivity contribution < 1.29 is 0 Å². The molecule has 1 atom stereocenters. The monoisotopic (exact) mass is 257 g/mol. The van der Waals surface area contributed by atoms with Gasteiger partial charge in [0.25, 0.3) is 0 Å². The zero-order valence-corrected chi connectivity index (χ0v) is 12.4. The Morgan fingerprint density at radius 2 is 1.89 bits per heavy atom. The molecule has 2 rings (SSSR count). The second-order valence-electron chi connectivity index (χ2n) is 5.81. The summed E-state index contributed by atoms with van der Waals surface area (Å²) in [7, 11) is 0. The van der Waals surface area contributed by atoms with Crippen molar-refractivity contribution in [2.45, 2.75) is 52.0 Å². The highest BCUT2D eigenvalue weighted by atomic mass is 14.9. The van der Waals surface area contributed by atoms with E-state index in [9.17, 15) is 0 Å². The van der Waals surface area contributed by atoms with Crippen LogP contribution in [0.3, 0.4) is 0 Å². The number of rotatable bonds is 7. The van der Waals surface area contributed by atoms with Crippen molar-refractivity contribution in [2.24, 2.45) is 5.92 Å². The van der Waals surface area contributed by atoms with Crippen LogP contribution in [0.2, 0.25) is 0 Å². The van der Waals surface area contributed by atoms with Gasteiger partial charge in [-0.1, -0.05) is 50.3 Å². The predicted octanol–water partition coefficient (Wildman–Crippen LogP) is 4.13. The molecule has 104 valence electrons. The fourth-order valence-corrected chi connectivity index (χ4v) is 3.07. The summed E-state index contributed by atoms with van der Waals surface area (Å²) in [6, 6.07) is 9.52. The average molecular weight is 257 g/mol. The standard InChI is InChI=1S/C18H27N/c1-4-10-19-18(11-14(3)5-2)17-12-15-8-6-7-9-16(15)13-17/h6-9,17-19H,3-5,10-13H2,1-2H3. The predicted molar refractivity (Wildman–Crippen MR) is 83.5 cm³/mol. The van der Waals surface area contributed by atoms with Crippen LogP contribution in [0.5, 0.6) is 0 Å². The van der Waals surface area contributed by atoms with E-state index >= 15 is 0 Å². The van der Waals surface area contributed by atoms with E-state index in [1.54, 1.807) is 11.1 Å². The maximum atomic E-state index is 4.20. The van der Waals surface area contributed by atoms with Gasteiger partial charge in [0.15, 0.2) is 0 Å². The highest BCUT2D eigenvalue weighted by Gasteiger charge is 2.28. The summed E-state index contributed by atoms with van der Waals surface area (Å²) in [5.74, 6) is 0.743. The Morgan fingerprint density at radius 1 is 1.26 bits per heavy atom. The molecule has 0 fully saturated rings. The van der Waals surface area contributed by atoms with Gasteiger partial charge in [-0.05, 0) is 55.7 Å². The van der Waals surface area contributed by atoms with Gasteiger partial charge in [0, 0.05) is 6.04 Å². The molecule has 0 amide bonds. The molecule has 0 saturated carbocycles. The lowest BCUT2D eigenvalue weighted by Gasteiger charge is -2.25. The van der Waals surface area contributed by atoms with Crippen LogP contribution in [0.4, 0.5) is 0 Å². The van der Waals surface area contributed by atoms with Gasteiger partial charge in [0.2, 0.25) is 0 Å². The molecule has 1 aliphatic rings. The van der Waals surface area contributed by atoms with Gasteiger partial charge >= 0.3 is 0 Å². The highest BCUT2D eigenvalue weighted by Crippen LogP contribution is 2.30. The molecule has 0 aromatic heterocycles. The van der Waals surface area contributed by atoms with Crippen molar-refractivity contribution >= 4 is 0 Å². The van der Waals surface area contributed by atoms with Gasteiger partial charge in [0.1, 0.15) is 0 Å². The van der Waals surface area contributed by atoms with Gasteiger partial charge < -0.3 is 5.32 Å². The van der Waals surface area contributed by atoms with Gasteiger partial charge in [-0.15, -0.1) is 0 Å². The van der Waals surface area contributed by atoms with E-state index in [4.69, 9.17) is 0 Å². The third kappa shape index (κ3) is 3.70. The van der Waals surface area contributed by atoms with Crippen molar-refractivity contribution in [3.8, 4) is 0 Å². The molecule has 19 heavy (non-hydrogen) atoms. The number of fused-ring (bicyclic) bond motifs is 1. The molecule has 0 radical (unpaired) electrons. The summed E-state index contributed by atoms with van der Waals surface area (Å²) >= 11 is 0. The van der Waals surface area contributed by atoms with Crippen LogP contribution >= 0.6 is 0 Å². The first kappa shape index (κ1) is 14.3. The van der Waals surface area contributed by atoms with Crippen LogP contribution in [0.1, 0.15) is 44.2 Å². The quantitative estimate of drug-likeness (QED) is 0.724. The molecular weight excluding hydrogens is 230 g/mol. The first-order valence-corrected chi connectivity index (χ1v) is 7.71. The minimum Gasteiger partial charge on any atom is -0.313 e. The van der Waals surface area contributed by atoms with E-state index in [1.165, 1.54) is 24.8 Å². The molecule has 1 aliphatic carbocycles. The van der Waals surface area contributed by atoms with Crippen molar-refractivity contribution in [1.29, 1.82) is 0 Å². The van der Waals surface area contributed by atoms with Crippen LogP contribution in [-0.2, 0) is 12.8 Å². The number of hydrogen-bond donors (Lipinski definition) is 1. The lowest BCUT2D eigenvalue weighted by molar-refractivity contribution is 0.359. The number of benzene rings is 1. The van der Waals surface area contributed by atoms with E-state index in [-0.39, 0.29) is 0 Å². The van der Waals surface area contributed by atoms with Crippen LogP contribution < -0.4 is 5.32 Å². The van der Waals surface area contributed by atoms with Gasteiger partial charge in [-0.3, -0.25) is 0 Å². The highest BCUT2D eigenvalue weighted by molar-refractivity contribution is 5.32. The van der Waals surface area contributed by atoms with Crippen LogP contribution in [-0.4, -0.2) is 12.6 Å². The van der Waals surface area contributed by atoms with E-state index in [0.717, 1.165) is 25.3 Å². The van der Waals surface area contributed by atoms with E-state index in [1.807, 2.05) is 0 Å². The maximum absolute atomic E-state index is 4.20. The zero-order chi connectivity index (χ0) is 13.7. The fraction of sp³-hybridized carbons (Fsp3) is 0.556. The molecular formula is C18H27N. The lowest BCUT2D eigenvalue weighted by atomic mass is 9.90. The Labute approximate surface area is 118 Å². The van der Waals surface area contributed by atoms with Gasteiger partial charge in [0.05, 0.1) is 0 Å². The Hall–Kier alpha value is -1.08. The summed E-state index contributed by atoms with van der Waals surface area (Å²) in [6.07, 6.45) is 5.90. The van der Waals surface area contributed by atoms with E-state index < -0.39 is 0 Å². The van der Waals surface area contributed by atoms with Crippen molar-refractivity contribution in [3.63, 3.8) is 0 Å². The Kier molecular flexibility index (Phi) is 5.21. The first-order chi connectivity index (χ1) is 9.24. The molecule has 1 unspecified atom stereocenters. The largest absolute Gasteiger partial charge is 0.313 e. The molecule has 0 saturated heterocycles. The molecule has 0 spiro atoms. The maximum Gasteiger partial charge on any atom is 0.0139 e. The minimum atomic E-state index is 0.597. The Morgan fingerprint density at radius 3 is 2.42 bits per heavy atom. The summed E-state index contributed by atoms with van der Waals surface area (Å²) in [4.78, 5) is 0. The molecule has 1 aromatic carbocycles. The SMILES string of the molecule is C=C(CC)CC(NCCC)C1Cc2ccccc2C1. The summed E-state index contributed by atoms with van der Waals surface area (Å²) in [6.45, 7) is 9.77. The minimum absolute atomic E-state index is 0.597. The summed E-state index contributed by atoms with van der Waals surface area (Å²) in [5, 5.41) is 3.75. The molecule has 1 nitrogen and oxygen atoms in total. The van der Waals surface area contributed by atoms with E-state index in [2.05, 4.69) is 50.0 Å². The average Bonchev–Trinajstić information content (AvgIpc) is 2.86. The first-order valence-electron chi connectivity index (χ1n) is 7.71. The molecule has 0 bridgehead atoms. The van der Waals surface area contributed by atoms with Gasteiger partial charge in [-0.25, -0.2) is 0 Å². The van der Waals surface area contributed by atoms with Crippen LogP contribution in [0.15, 0.2) is 36.4 Å². The Balaban J connectivity index is 2.02. The molecule has 1 N–H and O–H groups in total. The summed E-state index contributed by atoms with van der Waals surface area (Å²) < 4.78 is 0. The van der Waals surface area contributed by atoms with Crippen LogP contribution in [0.25, 0.3) is 0 Å². The second-order valence-corrected chi connectivity index (χ2v) is 5.81.